The lowest BCUT2D eigenvalue weighted by Gasteiger charge is -2.04. The molecule has 0 spiro atoms. The van der Waals surface area contributed by atoms with Crippen molar-refractivity contribution < 1.29 is 0 Å². The van der Waals surface area contributed by atoms with Crippen LogP contribution in [0.25, 0.3) is 0 Å². The minimum Gasteiger partial charge on any atom is -0.287 e. The molecule has 1 aromatic rings. The highest BCUT2D eigenvalue weighted by Crippen LogP contribution is 2.20. The molecule has 72 valence electrons. The van der Waals surface area contributed by atoms with Crippen molar-refractivity contribution in [1.82, 2.24) is 9.13 Å². The van der Waals surface area contributed by atoms with Crippen LogP contribution in [0.1, 0.15) is 0 Å². The summed E-state index contributed by atoms with van der Waals surface area (Å²) in [4.78, 5) is 23.0. The molecule has 0 bridgehead atoms. The third kappa shape index (κ3) is 1.26. The molecule has 0 atom stereocenters. The highest BCUT2D eigenvalue weighted by molar-refractivity contribution is 7.99. The van der Waals surface area contributed by atoms with Crippen LogP contribution in [0.15, 0.2) is 20.7 Å². The van der Waals surface area contributed by atoms with Gasteiger partial charge < -0.3 is 0 Å². The largest absolute Gasteiger partial charge is 0.332 e. The van der Waals surface area contributed by atoms with E-state index in [1.807, 2.05) is 0 Å². The fraction of sp³-hybridized carbons (Fsp3) is 0.375. The molecule has 0 aromatic carbocycles. The summed E-state index contributed by atoms with van der Waals surface area (Å²) >= 11 is 1.49. The SMILES string of the molecule is N#CCn1c(=O)cc2n(c1=O)CCS2. The summed E-state index contributed by atoms with van der Waals surface area (Å²) in [6.07, 6.45) is 0. The van der Waals surface area contributed by atoms with Crippen LogP contribution in [0.2, 0.25) is 0 Å². The molecule has 0 aliphatic carbocycles. The van der Waals surface area contributed by atoms with Gasteiger partial charge in [-0.25, -0.2) is 9.36 Å². The molecule has 5 nitrogen and oxygen atoms in total. The van der Waals surface area contributed by atoms with Crippen molar-refractivity contribution in [2.24, 2.45) is 0 Å². The molecule has 1 aliphatic heterocycles. The molecular formula is C8H7N3O2S. The molecule has 0 saturated heterocycles. The van der Waals surface area contributed by atoms with Gasteiger partial charge in [-0.15, -0.1) is 11.8 Å². The number of aromatic nitrogens is 2. The molecule has 1 aliphatic rings. The molecular weight excluding hydrogens is 202 g/mol. The van der Waals surface area contributed by atoms with Gasteiger partial charge in [0, 0.05) is 18.4 Å². The Bertz CT molecular complexity index is 523. The maximum atomic E-state index is 11.6. The summed E-state index contributed by atoms with van der Waals surface area (Å²) in [5, 5.41) is 9.16. The van der Waals surface area contributed by atoms with Crippen molar-refractivity contribution in [3.63, 3.8) is 0 Å². The van der Waals surface area contributed by atoms with E-state index in [4.69, 9.17) is 5.26 Å². The van der Waals surface area contributed by atoms with Gasteiger partial charge in [0.2, 0.25) is 0 Å². The number of fused-ring (bicyclic) bond motifs is 1. The quantitative estimate of drug-likeness (QED) is 0.592. The molecule has 2 rings (SSSR count). The Labute approximate surface area is 83.6 Å². The predicted molar refractivity (Wildman–Crippen MR) is 51.3 cm³/mol. The van der Waals surface area contributed by atoms with Crippen molar-refractivity contribution in [3.05, 3.63) is 26.9 Å². The highest BCUT2D eigenvalue weighted by Gasteiger charge is 2.15. The lowest BCUT2D eigenvalue weighted by molar-refractivity contribution is 0.583. The summed E-state index contributed by atoms with van der Waals surface area (Å²) in [7, 11) is 0. The Morgan fingerprint density at radius 1 is 1.57 bits per heavy atom. The van der Waals surface area contributed by atoms with Crippen molar-refractivity contribution >= 4 is 11.8 Å². The van der Waals surface area contributed by atoms with Gasteiger partial charge in [-0.3, -0.25) is 9.36 Å². The van der Waals surface area contributed by atoms with E-state index in [9.17, 15) is 9.59 Å². The fourth-order valence-electron chi connectivity index (χ4n) is 1.38. The van der Waals surface area contributed by atoms with Crippen LogP contribution in [0.4, 0.5) is 0 Å². The smallest absolute Gasteiger partial charge is 0.287 e. The van der Waals surface area contributed by atoms with E-state index in [1.54, 1.807) is 6.07 Å². The van der Waals surface area contributed by atoms with E-state index in [0.29, 0.717) is 11.6 Å². The highest BCUT2D eigenvalue weighted by atomic mass is 32.2. The lowest BCUT2D eigenvalue weighted by atomic mass is 10.5. The number of hydrogen-bond donors (Lipinski definition) is 0. The molecule has 0 N–H and O–H groups in total. The first-order valence-corrected chi connectivity index (χ1v) is 5.07. The van der Waals surface area contributed by atoms with Crippen molar-refractivity contribution in [2.75, 3.05) is 5.75 Å². The average Bonchev–Trinajstić information content (AvgIpc) is 2.60. The maximum absolute atomic E-state index is 11.6. The molecule has 0 unspecified atom stereocenters. The Hall–Kier alpha value is -1.48. The van der Waals surface area contributed by atoms with Crippen molar-refractivity contribution in [1.29, 1.82) is 5.26 Å². The van der Waals surface area contributed by atoms with Gasteiger partial charge in [0.25, 0.3) is 5.56 Å². The number of nitriles is 1. The fourth-order valence-corrected chi connectivity index (χ4v) is 2.37. The second-order valence-electron chi connectivity index (χ2n) is 2.85. The van der Waals surface area contributed by atoms with Crippen LogP contribution in [-0.2, 0) is 13.1 Å². The zero-order chi connectivity index (χ0) is 10.1. The lowest BCUT2D eigenvalue weighted by Crippen LogP contribution is -2.38. The molecule has 0 saturated carbocycles. The van der Waals surface area contributed by atoms with E-state index < -0.39 is 5.56 Å². The van der Waals surface area contributed by atoms with Crippen LogP contribution in [-0.4, -0.2) is 14.9 Å². The van der Waals surface area contributed by atoms with E-state index in [1.165, 1.54) is 22.4 Å². The predicted octanol–water partition coefficient (Wildman–Crippen LogP) is -0.361. The zero-order valence-corrected chi connectivity index (χ0v) is 8.08. The van der Waals surface area contributed by atoms with E-state index in [2.05, 4.69) is 0 Å². The van der Waals surface area contributed by atoms with Gasteiger partial charge in [-0.1, -0.05) is 0 Å². The molecule has 2 heterocycles. The number of nitrogens with zero attached hydrogens (tertiary/aromatic N) is 3. The van der Waals surface area contributed by atoms with Gasteiger partial charge in [0.15, 0.2) is 0 Å². The van der Waals surface area contributed by atoms with Crippen LogP contribution in [0.3, 0.4) is 0 Å². The first kappa shape index (κ1) is 9.09. The summed E-state index contributed by atoms with van der Waals surface area (Å²) in [6, 6.07) is 3.21. The van der Waals surface area contributed by atoms with Crippen molar-refractivity contribution in [3.8, 4) is 6.07 Å². The number of rotatable bonds is 1. The van der Waals surface area contributed by atoms with Crippen LogP contribution in [0.5, 0.6) is 0 Å². The minimum absolute atomic E-state index is 0.178. The minimum atomic E-state index is -0.391. The normalized spacial score (nSPS) is 13.6. The van der Waals surface area contributed by atoms with E-state index >= 15 is 0 Å². The molecule has 14 heavy (non-hydrogen) atoms. The Morgan fingerprint density at radius 2 is 2.36 bits per heavy atom. The average molecular weight is 209 g/mol. The standard InChI is InChI=1S/C8H7N3O2S/c9-1-2-10-6(12)5-7-11(8(10)13)3-4-14-7/h5H,2-4H2. The van der Waals surface area contributed by atoms with Crippen molar-refractivity contribution in [2.45, 2.75) is 18.1 Å². The maximum Gasteiger partial charge on any atom is 0.332 e. The van der Waals surface area contributed by atoms with Gasteiger partial charge in [0.1, 0.15) is 6.54 Å². The Balaban J connectivity index is 2.71. The monoisotopic (exact) mass is 209 g/mol. The molecule has 0 fully saturated rings. The van der Waals surface area contributed by atoms with Gasteiger partial charge in [-0.05, 0) is 0 Å². The second-order valence-corrected chi connectivity index (χ2v) is 3.96. The van der Waals surface area contributed by atoms with Crippen LogP contribution in [0, 0.1) is 11.3 Å². The summed E-state index contributed by atoms with van der Waals surface area (Å²) in [5.41, 5.74) is -0.767. The summed E-state index contributed by atoms with van der Waals surface area (Å²) in [5.74, 6) is 0.811. The van der Waals surface area contributed by atoms with Gasteiger partial charge in [0.05, 0.1) is 11.1 Å². The first-order valence-electron chi connectivity index (χ1n) is 4.08. The molecule has 0 amide bonds. The second kappa shape index (κ2) is 3.35. The topological polar surface area (TPSA) is 67.8 Å². The molecule has 0 radical (unpaired) electrons. The van der Waals surface area contributed by atoms with Crippen LogP contribution < -0.4 is 11.2 Å². The summed E-state index contributed by atoms with van der Waals surface area (Å²) in [6.45, 7) is 0.438. The number of thioether (sulfide) groups is 1. The van der Waals surface area contributed by atoms with Crippen LogP contribution >= 0.6 is 11.8 Å². The Morgan fingerprint density at radius 3 is 3.07 bits per heavy atom. The summed E-state index contributed by atoms with van der Waals surface area (Å²) < 4.78 is 2.48. The number of hydrogen-bond acceptors (Lipinski definition) is 4. The van der Waals surface area contributed by atoms with E-state index in [-0.39, 0.29) is 12.2 Å². The first-order chi connectivity index (χ1) is 6.74. The van der Waals surface area contributed by atoms with E-state index in [0.717, 1.165) is 10.3 Å². The third-order valence-corrected chi connectivity index (χ3v) is 3.06. The molecule has 6 heteroatoms. The third-order valence-electron chi connectivity index (χ3n) is 2.03. The van der Waals surface area contributed by atoms with Gasteiger partial charge >= 0.3 is 5.69 Å². The Kier molecular flexibility index (Phi) is 2.17. The zero-order valence-electron chi connectivity index (χ0n) is 7.27. The molecule has 1 aromatic heterocycles. The van der Waals surface area contributed by atoms with Gasteiger partial charge in [-0.2, -0.15) is 5.26 Å².